The number of aromatic nitrogens is 14. The second kappa shape index (κ2) is 46.2. The molecular formula is C92H117ClFN19O21. The lowest BCUT2D eigenvalue weighted by atomic mass is 9.87. The lowest BCUT2D eigenvalue weighted by Gasteiger charge is -2.27. The number of nitriles is 1. The number of aliphatic carboxylic acids is 4. The molecule has 0 unspecified atom stereocenters. The van der Waals surface area contributed by atoms with Crippen molar-refractivity contribution in [2.24, 2.45) is 44.8 Å². The Hall–Kier alpha value is -12.9. The smallest absolute Gasteiger partial charge is 0.410 e. The summed E-state index contributed by atoms with van der Waals surface area (Å²) < 4.78 is 70.4. The Morgan fingerprint density at radius 2 is 0.784 bits per heavy atom. The summed E-state index contributed by atoms with van der Waals surface area (Å²) in [5, 5.41) is 63.5. The summed E-state index contributed by atoms with van der Waals surface area (Å²) in [4.78, 5) is 131. The number of carboxylic acids is 4. The summed E-state index contributed by atoms with van der Waals surface area (Å²) in [5.74, 6) is -4.85. The van der Waals surface area contributed by atoms with Crippen molar-refractivity contribution in [2.45, 2.75) is 275 Å². The molecule has 0 aromatic carbocycles. The highest BCUT2D eigenvalue weighted by Gasteiger charge is 2.37. The number of rotatable bonds is 28. The van der Waals surface area contributed by atoms with E-state index in [9.17, 15) is 68.4 Å². The van der Waals surface area contributed by atoms with Gasteiger partial charge < -0.3 is 82.4 Å². The second-order valence-corrected chi connectivity index (χ2v) is 35.9. The third-order valence-corrected chi connectivity index (χ3v) is 26.7. The van der Waals surface area contributed by atoms with E-state index in [0.29, 0.717) is 144 Å². The molecule has 0 bridgehead atoms. The SMILES string of the molecule is CN(C(=O)OCc1c(-c2cnc(O[C@H]3CCC[C@H](C(=O)O)C3)c(C#N)n2)cnn1C)C1CCCC1.CN(C(=O)OCc1c(-c2cnc(O[C@H]3CCC[C@H](C(=O)O)C3)c(Cl)n2)cnn1C)C1CCCC1.CN(C(=O)OCc1c(-c2cnc(O[C@H]3CCC[C@H](C(=O)O)C3)c(F)n2)cnn1C)C1CCCC1.Cc1noc(-c2ccc(O[C@H]3CCC[C@H](C(=O)O)C3)cn2)c1COC(=O)N(C)C1CC1. The van der Waals surface area contributed by atoms with Crippen molar-refractivity contribution in [1.82, 2.24) is 89.0 Å². The van der Waals surface area contributed by atoms with Crippen LogP contribution in [0.2, 0.25) is 5.15 Å². The summed E-state index contributed by atoms with van der Waals surface area (Å²) in [5.41, 5.74) is 6.62. The van der Waals surface area contributed by atoms with Crippen LogP contribution in [0.5, 0.6) is 23.4 Å². The largest absolute Gasteiger partial charge is 0.489 e. The van der Waals surface area contributed by atoms with Crippen LogP contribution in [0.15, 0.2) is 60.0 Å². The van der Waals surface area contributed by atoms with E-state index in [1.807, 2.05) is 6.07 Å². The third kappa shape index (κ3) is 25.7. The van der Waals surface area contributed by atoms with Crippen LogP contribution in [-0.2, 0) is 85.7 Å². The minimum Gasteiger partial charge on any atom is -0.489 e. The maximum atomic E-state index is 14.7. The standard InChI is InChI=1S/C24H30N6O5.C23H30ClN5O5.C23H30FN5O5.C22H27N3O6/c1-29(16-7-3-4-8-16)24(33)34-14-21-18(12-27-30(21)2)20-13-26-22(19(11-25)28-20)35-17-9-5-6-15(10-17)23(31)32;2*1-28(15-7-3-4-8-15)23(32)33-13-19-17(11-26-29(19)2)18-12-25-21(20(24)27-18)34-16-9-5-6-14(10-16)22(30)31;1-13-18(12-29-22(28)25(2)15-6-7-15)20(31-24-13)19-9-8-17(11-23-19)30-16-5-3-4-14(10-16)21(26)27/h12-13,15-17H,3-10,14H2,1-2H3,(H,31,32);2*11-12,14-16H,3-10,13H2,1-2H3,(H,30,31);8-9,11,14-16H,3-7,10,12H2,1-2H3,(H,26,27)/t15-,17-;3*14-,16-/m0000/s1. The molecule has 16 rings (SSSR count). The van der Waals surface area contributed by atoms with E-state index < -0.39 is 59.8 Å². The number of hydrogen-bond donors (Lipinski definition) is 4. The van der Waals surface area contributed by atoms with E-state index >= 15 is 0 Å². The van der Waals surface area contributed by atoms with Gasteiger partial charge in [0.2, 0.25) is 5.69 Å². The van der Waals surface area contributed by atoms with Crippen LogP contribution in [0, 0.1) is 47.9 Å². The molecule has 8 saturated carbocycles. The van der Waals surface area contributed by atoms with Crippen molar-refractivity contribution in [3.8, 4) is 74.7 Å². The Bertz CT molecular complexity index is 5290. The van der Waals surface area contributed by atoms with Gasteiger partial charge in [0.05, 0.1) is 119 Å². The molecule has 0 radical (unpaired) electrons. The third-order valence-electron chi connectivity index (χ3n) is 26.4. The molecule has 8 fully saturated rings. The van der Waals surface area contributed by atoms with E-state index in [1.54, 1.807) is 121 Å². The zero-order chi connectivity index (χ0) is 95.4. The predicted octanol–water partition coefficient (Wildman–Crippen LogP) is 14.7. The average molecular weight is 1880 g/mol. The van der Waals surface area contributed by atoms with Crippen molar-refractivity contribution in [2.75, 3.05) is 28.2 Å². The Morgan fingerprint density at radius 1 is 0.433 bits per heavy atom. The molecule has 8 atom stereocenters. The zero-order valence-corrected chi connectivity index (χ0v) is 77.4. The molecule has 0 spiro atoms. The molecule has 134 heavy (non-hydrogen) atoms. The predicted molar refractivity (Wildman–Crippen MR) is 474 cm³/mol. The second-order valence-electron chi connectivity index (χ2n) is 35.5. The van der Waals surface area contributed by atoms with Gasteiger partial charge in [0.15, 0.2) is 10.9 Å². The maximum absolute atomic E-state index is 14.7. The number of carboxylic acid groups (broad SMARTS) is 4. The number of pyridine rings is 1. The van der Waals surface area contributed by atoms with Crippen LogP contribution in [0.3, 0.4) is 0 Å². The number of amides is 4. The zero-order valence-electron chi connectivity index (χ0n) is 76.6. The molecule has 8 aliphatic carbocycles. The van der Waals surface area contributed by atoms with Gasteiger partial charge in [0.1, 0.15) is 62.3 Å². The average Bonchev–Trinajstić information content (AvgIpc) is 1.80. The first-order valence-electron chi connectivity index (χ1n) is 45.9. The van der Waals surface area contributed by atoms with Gasteiger partial charge in [0.25, 0.3) is 23.6 Å². The molecule has 40 nitrogen and oxygen atoms in total. The van der Waals surface area contributed by atoms with Crippen LogP contribution in [0.1, 0.15) is 227 Å². The van der Waals surface area contributed by atoms with E-state index in [2.05, 4.69) is 55.3 Å². The van der Waals surface area contributed by atoms with Gasteiger partial charge in [-0.25, -0.2) is 54.1 Å². The lowest BCUT2D eigenvalue weighted by Crippen LogP contribution is -2.35. The van der Waals surface area contributed by atoms with Gasteiger partial charge in [-0.15, -0.1) is 0 Å². The molecule has 8 aromatic heterocycles. The minimum atomic E-state index is -0.886. The highest BCUT2D eigenvalue weighted by atomic mass is 35.5. The van der Waals surface area contributed by atoms with Crippen molar-refractivity contribution < 1.29 is 106 Å². The summed E-state index contributed by atoms with van der Waals surface area (Å²) in [6.07, 6.45) is 32.9. The number of ether oxygens (including phenoxy) is 8. The quantitative estimate of drug-likeness (QED) is 0.0331. The normalized spacial score (nSPS) is 20.7. The summed E-state index contributed by atoms with van der Waals surface area (Å²) in [6.45, 7) is 1.85. The molecule has 0 saturated heterocycles. The number of nitrogens with zero attached hydrogens (tertiary/aromatic N) is 19. The molecule has 8 heterocycles. The first-order valence-corrected chi connectivity index (χ1v) is 46.3. The highest BCUT2D eigenvalue weighted by Crippen LogP contribution is 2.39. The maximum Gasteiger partial charge on any atom is 0.410 e. The number of aryl methyl sites for hydroxylation is 4. The van der Waals surface area contributed by atoms with E-state index in [0.717, 1.165) is 122 Å². The molecule has 8 aliphatic rings. The Balaban J connectivity index is 0.000000152. The number of halogens is 2. The van der Waals surface area contributed by atoms with Crippen LogP contribution in [0.25, 0.3) is 45.2 Å². The van der Waals surface area contributed by atoms with Crippen LogP contribution in [-0.4, -0.2) is 234 Å². The van der Waals surface area contributed by atoms with Crippen molar-refractivity contribution in [3.63, 3.8) is 0 Å². The summed E-state index contributed by atoms with van der Waals surface area (Å²) in [6, 6.07) is 6.46. The monoisotopic (exact) mass is 1880 g/mol. The number of hydrogen-bond acceptors (Lipinski definition) is 29. The Morgan fingerprint density at radius 3 is 1.15 bits per heavy atom. The topological polar surface area (TPSA) is 498 Å². The summed E-state index contributed by atoms with van der Waals surface area (Å²) >= 11 is 6.36. The van der Waals surface area contributed by atoms with Gasteiger partial charge in [-0.1, -0.05) is 55.3 Å². The van der Waals surface area contributed by atoms with Gasteiger partial charge in [-0.2, -0.15) is 24.9 Å². The fourth-order valence-corrected chi connectivity index (χ4v) is 18.3. The van der Waals surface area contributed by atoms with Gasteiger partial charge >= 0.3 is 48.3 Å². The fraction of sp³-hybridized carbons (Fsp3) is 0.587. The molecule has 4 N–H and O–H groups in total. The molecular weight excluding hydrogens is 1760 g/mol. The van der Waals surface area contributed by atoms with Gasteiger partial charge in [-0.3, -0.25) is 33.2 Å². The van der Waals surface area contributed by atoms with E-state index in [1.165, 1.54) is 24.8 Å². The van der Waals surface area contributed by atoms with Crippen LogP contribution in [0.4, 0.5) is 23.6 Å². The molecule has 720 valence electrons. The Kier molecular flexibility index (Phi) is 34.0. The molecule has 42 heteroatoms. The summed E-state index contributed by atoms with van der Waals surface area (Å²) in [7, 11) is 12.2. The number of carbonyl (C=O) groups is 8. The lowest BCUT2D eigenvalue weighted by molar-refractivity contribution is -0.144. The van der Waals surface area contributed by atoms with E-state index in [-0.39, 0.29) is 127 Å². The van der Waals surface area contributed by atoms with Crippen molar-refractivity contribution in [3.05, 3.63) is 101 Å². The first kappa shape index (κ1) is 98.6. The highest BCUT2D eigenvalue weighted by molar-refractivity contribution is 6.30. The number of carbonyl (C=O) groups excluding carboxylic acids is 4. The minimum absolute atomic E-state index is 0.00218. The van der Waals surface area contributed by atoms with Crippen molar-refractivity contribution >= 4 is 59.9 Å². The molecule has 8 aromatic rings. The molecule has 0 aliphatic heterocycles. The van der Waals surface area contributed by atoms with E-state index in [4.69, 9.17) is 54.0 Å². The van der Waals surface area contributed by atoms with Gasteiger partial charge in [-0.05, 0) is 173 Å². The first-order chi connectivity index (χ1) is 64.4. The van der Waals surface area contributed by atoms with Crippen LogP contribution < -0.4 is 18.9 Å². The van der Waals surface area contributed by atoms with Gasteiger partial charge in [0, 0.05) is 90.2 Å². The Labute approximate surface area is 778 Å². The van der Waals surface area contributed by atoms with Crippen molar-refractivity contribution in [1.29, 1.82) is 5.26 Å². The molecule has 4 amide bonds. The fourth-order valence-electron chi connectivity index (χ4n) is 18.1. The van der Waals surface area contributed by atoms with Crippen LogP contribution >= 0.6 is 11.6 Å².